The fraction of sp³-hybridized carbons (Fsp3) is 0.721. The second kappa shape index (κ2) is 18.6. The highest BCUT2D eigenvalue weighted by Gasteiger charge is 2.66. The summed E-state index contributed by atoms with van der Waals surface area (Å²) in [5.41, 5.74) is -2.50. The van der Waals surface area contributed by atoms with Gasteiger partial charge >= 0.3 is 0 Å². The van der Waals surface area contributed by atoms with E-state index in [1.165, 1.54) is 10.4 Å². The smallest absolute Gasteiger partial charge is 0.261 e. The molecule has 2 N–H and O–H groups in total. The molecule has 11 heteroatoms. The number of hydrogen-bond acceptors (Lipinski definition) is 8. The Morgan fingerprint density at radius 2 is 1.41 bits per heavy atom. The summed E-state index contributed by atoms with van der Waals surface area (Å²) in [5.74, 6) is -0.341. The lowest BCUT2D eigenvalue weighted by atomic mass is 9.75. The van der Waals surface area contributed by atoms with E-state index in [1.807, 2.05) is 0 Å². The molecule has 54 heavy (non-hydrogen) atoms. The molecule has 4 rings (SSSR count). The van der Waals surface area contributed by atoms with E-state index in [-0.39, 0.29) is 42.5 Å². The van der Waals surface area contributed by atoms with Crippen molar-refractivity contribution in [1.29, 1.82) is 0 Å². The van der Waals surface area contributed by atoms with Crippen LogP contribution < -0.4 is 10.4 Å². The van der Waals surface area contributed by atoms with Crippen LogP contribution >= 0.6 is 0 Å². The highest BCUT2D eigenvalue weighted by molar-refractivity contribution is 6.99. The van der Waals surface area contributed by atoms with Crippen molar-refractivity contribution >= 4 is 35.1 Å². The minimum Gasteiger partial charge on any atom is -0.410 e. The second-order valence-electron chi connectivity index (χ2n) is 18.6. The average molecular weight is 803 g/mol. The van der Waals surface area contributed by atoms with E-state index < -0.39 is 54.7 Å². The summed E-state index contributed by atoms with van der Waals surface area (Å²) in [6, 6.07) is 25.3. The van der Waals surface area contributed by atoms with Crippen molar-refractivity contribution in [3.8, 4) is 0 Å². The van der Waals surface area contributed by atoms with Crippen molar-refractivity contribution in [3.05, 3.63) is 60.7 Å². The Labute approximate surface area is 330 Å². The summed E-state index contributed by atoms with van der Waals surface area (Å²) in [7, 11) is -4.95. The fourth-order valence-corrected chi connectivity index (χ4v) is 17.9. The Hall–Kier alpha value is -1.23. The number of benzene rings is 2. The van der Waals surface area contributed by atoms with Gasteiger partial charge in [0, 0.05) is 34.3 Å². The largest absolute Gasteiger partial charge is 0.410 e. The van der Waals surface area contributed by atoms with Gasteiger partial charge in [-0.25, -0.2) is 0 Å². The van der Waals surface area contributed by atoms with E-state index in [1.54, 1.807) is 7.11 Å². The van der Waals surface area contributed by atoms with Crippen LogP contribution in [0.5, 0.6) is 0 Å². The molecule has 0 unspecified atom stereocenters. The molecule has 2 saturated carbocycles. The topological polar surface area (TPSA) is 95.8 Å². The van der Waals surface area contributed by atoms with Gasteiger partial charge in [0.2, 0.25) is 0 Å². The van der Waals surface area contributed by atoms with E-state index in [0.717, 1.165) is 24.2 Å². The maximum absolute atomic E-state index is 13.1. The quantitative estimate of drug-likeness (QED) is 0.0845. The van der Waals surface area contributed by atoms with Gasteiger partial charge in [0.15, 0.2) is 8.32 Å². The molecule has 0 aliphatic heterocycles. The predicted molar refractivity (Wildman–Crippen MR) is 227 cm³/mol. The highest BCUT2D eigenvalue weighted by atomic mass is 28.4. The molecule has 306 valence electrons. The summed E-state index contributed by atoms with van der Waals surface area (Å²) in [6.07, 6.45) is -0.636. The van der Waals surface area contributed by atoms with Gasteiger partial charge in [-0.05, 0) is 70.7 Å². The van der Waals surface area contributed by atoms with Crippen molar-refractivity contribution in [2.45, 2.75) is 147 Å². The van der Waals surface area contributed by atoms with E-state index in [9.17, 15) is 10.2 Å². The summed E-state index contributed by atoms with van der Waals surface area (Å²) >= 11 is 0. The summed E-state index contributed by atoms with van der Waals surface area (Å²) in [5, 5.41) is 26.8. The summed E-state index contributed by atoms with van der Waals surface area (Å²) < 4.78 is 40.3. The van der Waals surface area contributed by atoms with Gasteiger partial charge in [-0.3, -0.25) is 0 Å². The molecule has 2 aliphatic rings. The minimum absolute atomic E-state index is 0.0208. The van der Waals surface area contributed by atoms with Gasteiger partial charge in [-0.1, -0.05) is 129 Å². The van der Waals surface area contributed by atoms with Gasteiger partial charge in [-0.2, -0.15) is 0 Å². The second-order valence-corrected chi connectivity index (χ2v) is 33.2. The number of fused-ring (bicyclic) bond motifs is 1. The summed E-state index contributed by atoms with van der Waals surface area (Å²) in [6.45, 7) is 25.2. The molecule has 0 heterocycles. The molecule has 2 aliphatic carbocycles. The van der Waals surface area contributed by atoms with Gasteiger partial charge in [0.25, 0.3) is 8.32 Å². The Morgan fingerprint density at radius 3 is 1.87 bits per heavy atom. The van der Waals surface area contributed by atoms with Crippen LogP contribution in [0.2, 0.25) is 48.9 Å². The Morgan fingerprint density at radius 1 is 0.852 bits per heavy atom. The zero-order valence-corrected chi connectivity index (χ0v) is 38.7. The zero-order valence-electron chi connectivity index (χ0n) is 35.7. The third-order valence-corrected chi connectivity index (χ3v) is 24.5. The molecule has 8 atom stereocenters. The molecule has 2 aromatic carbocycles. The van der Waals surface area contributed by atoms with Crippen molar-refractivity contribution in [2.75, 3.05) is 33.9 Å². The van der Waals surface area contributed by atoms with Crippen LogP contribution in [0.25, 0.3) is 0 Å². The first-order chi connectivity index (χ1) is 25.4. The predicted octanol–water partition coefficient (Wildman–Crippen LogP) is 7.80. The molecule has 2 fully saturated rings. The first-order valence-corrected chi connectivity index (χ1v) is 28.7. The van der Waals surface area contributed by atoms with Crippen LogP contribution in [-0.2, 0) is 27.8 Å². The molecule has 0 aromatic heterocycles. The Bertz CT molecular complexity index is 1370. The molecule has 0 saturated heterocycles. The van der Waals surface area contributed by atoms with Crippen LogP contribution in [0.4, 0.5) is 0 Å². The highest BCUT2D eigenvalue weighted by Crippen LogP contribution is 2.56. The summed E-state index contributed by atoms with van der Waals surface area (Å²) in [4.78, 5) is 0. The minimum atomic E-state index is -2.94. The van der Waals surface area contributed by atoms with Gasteiger partial charge in [0.1, 0.15) is 19.2 Å². The van der Waals surface area contributed by atoms with Gasteiger partial charge < -0.3 is 38.0 Å². The van der Waals surface area contributed by atoms with Crippen molar-refractivity contribution in [1.82, 2.24) is 0 Å². The fourth-order valence-electron chi connectivity index (χ4n) is 9.44. The van der Waals surface area contributed by atoms with Crippen LogP contribution in [0.3, 0.4) is 0 Å². The normalized spacial score (nSPS) is 29.6. The van der Waals surface area contributed by atoms with Crippen LogP contribution in [0, 0.1) is 17.8 Å². The maximum atomic E-state index is 13.1. The first kappa shape index (κ1) is 45.5. The number of aliphatic hydroxyl groups excluding tert-OH is 1. The lowest BCUT2D eigenvalue weighted by molar-refractivity contribution is -0.222. The van der Waals surface area contributed by atoms with Crippen molar-refractivity contribution < 1.29 is 38.0 Å². The van der Waals surface area contributed by atoms with E-state index in [2.05, 4.69) is 136 Å². The average Bonchev–Trinajstić information content (AvgIpc) is 3.44. The number of ether oxygens (including phenoxy) is 4. The van der Waals surface area contributed by atoms with Crippen LogP contribution in [0.15, 0.2) is 60.7 Å². The lowest BCUT2D eigenvalue weighted by Crippen LogP contribution is -2.68. The molecule has 0 spiro atoms. The Kier molecular flexibility index (Phi) is 15.6. The van der Waals surface area contributed by atoms with Crippen molar-refractivity contribution in [2.24, 2.45) is 17.8 Å². The standard InChI is InChI=1S/C43H74O8Si3/c1-13-53(14-2,15-3)51-40-39-33(4)37(50-54(41(5,6)7,34-22-18-16-19-23-34)35-24-20-17-21-25-35)28-36(39)42(8,49-31-46-9)29-38(43(40,45)30-44)48-32-47-26-27-52(10,11)12/h16-25,33,36-40,44-45H,13-15,26-32H2,1-12H3/t33-,36-,37-,38-,39+,40-,42-,43+/m0/s1. The molecule has 0 radical (unpaired) electrons. The van der Waals surface area contributed by atoms with E-state index in [0.29, 0.717) is 19.4 Å². The Balaban J connectivity index is 1.88. The number of aliphatic hydroxyl groups is 2. The monoisotopic (exact) mass is 802 g/mol. The number of rotatable bonds is 19. The molecule has 2 aromatic rings. The van der Waals surface area contributed by atoms with Crippen LogP contribution in [-0.4, -0.2) is 98.3 Å². The maximum Gasteiger partial charge on any atom is 0.261 e. The zero-order chi connectivity index (χ0) is 40.0. The first-order valence-electron chi connectivity index (χ1n) is 20.5. The molecular formula is C43H74O8Si3. The third-order valence-electron chi connectivity index (χ3n) is 13.1. The van der Waals surface area contributed by atoms with E-state index in [4.69, 9.17) is 27.8 Å². The van der Waals surface area contributed by atoms with Gasteiger partial charge in [-0.15, -0.1) is 0 Å². The molecule has 0 amide bonds. The van der Waals surface area contributed by atoms with Crippen molar-refractivity contribution in [3.63, 3.8) is 0 Å². The van der Waals surface area contributed by atoms with Crippen LogP contribution in [0.1, 0.15) is 68.2 Å². The number of hydrogen-bond donors (Lipinski definition) is 2. The molecule has 8 nitrogen and oxygen atoms in total. The van der Waals surface area contributed by atoms with E-state index >= 15 is 0 Å². The number of methoxy groups -OCH3 is 1. The SMILES string of the molecule is CC[Si](CC)(CC)O[C@H]1[C@@H]2[C@@H](C)[C@@H](O[Si](c3ccccc3)(c3ccccc3)C(C)(C)C)C[C@@H]2[C@@](C)(OCOC)C[C@H](OCOCC[Si](C)(C)C)[C@]1(O)CO. The van der Waals surface area contributed by atoms with Gasteiger partial charge in [0.05, 0.1) is 24.4 Å². The third kappa shape index (κ3) is 9.55. The molecule has 0 bridgehead atoms. The molecular weight excluding hydrogens is 729 g/mol. The lowest BCUT2D eigenvalue weighted by Gasteiger charge is -2.48.